The fraction of sp³-hybridized carbons (Fsp3) is 0.227. The highest BCUT2D eigenvalue weighted by molar-refractivity contribution is 6.05. The minimum Gasteiger partial charge on any atom is -0.321 e. The van der Waals surface area contributed by atoms with Crippen LogP contribution < -0.4 is 10.6 Å². The first-order chi connectivity index (χ1) is 16.9. The normalized spacial score (nSPS) is 12.1. The van der Waals surface area contributed by atoms with Crippen LogP contribution in [0.25, 0.3) is 5.65 Å². The Kier molecular flexibility index (Phi) is 6.20. The summed E-state index contributed by atoms with van der Waals surface area (Å²) >= 11 is 0. The van der Waals surface area contributed by atoms with Gasteiger partial charge in [0.15, 0.2) is 11.3 Å². The number of nitrogens with zero attached hydrogens (tertiary/aromatic N) is 5. The number of aryl methyl sites for hydroxylation is 2. The summed E-state index contributed by atoms with van der Waals surface area (Å²) in [6.07, 6.45) is -4.39. The fourth-order valence-electron chi connectivity index (χ4n) is 3.42. The van der Waals surface area contributed by atoms with Crippen LogP contribution in [0.2, 0.25) is 0 Å². The molecular formula is C22H18F5N7O2. The van der Waals surface area contributed by atoms with Crippen molar-refractivity contribution < 1.29 is 31.5 Å². The van der Waals surface area contributed by atoms with E-state index in [0.717, 1.165) is 6.07 Å². The molecule has 9 nitrogen and oxygen atoms in total. The molecule has 0 spiro atoms. The van der Waals surface area contributed by atoms with E-state index in [0.29, 0.717) is 28.5 Å². The number of anilines is 2. The lowest BCUT2D eigenvalue weighted by Crippen LogP contribution is -2.36. The Morgan fingerprint density at radius 2 is 1.64 bits per heavy atom. The van der Waals surface area contributed by atoms with Gasteiger partial charge in [-0.3, -0.25) is 14.3 Å². The molecule has 2 N–H and O–H groups in total. The summed E-state index contributed by atoms with van der Waals surface area (Å²) in [6, 6.07) is 9.14. The minimum atomic E-state index is -5.87. The van der Waals surface area contributed by atoms with Crippen molar-refractivity contribution in [2.45, 2.75) is 32.5 Å². The van der Waals surface area contributed by atoms with Crippen LogP contribution in [-0.2, 0) is 12.5 Å². The zero-order valence-corrected chi connectivity index (χ0v) is 18.8. The van der Waals surface area contributed by atoms with Gasteiger partial charge in [0, 0.05) is 35.9 Å². The lowest BCUT2D eigenvalue weighted by Gasteiger charge is -2.20. The Morgan fingerprint density at radius 3 is 2.28 bits per heavy atom. The van der Waals surface area contributed by atoms with Gasteiger partial charge >= 0.3 is 12.1 Å². The second-order valence-electron chi connectivity index (χ2n) is 7.68. The number of hydrogen-bond acceptors (Lipinski definition) is 5. The number of aromatic nitrogens is 5. The van der Waals surface area contributed by atoms with E-state index in [2.05, 4.69) is 25.8 Å². The van der Waals surface area contributed by atoms with Crippen LogP contribution >= 0.6 is 0 Å². The number of halogens is 5. The van der Waals surface area contributed by atoms with Crippen LogP contribution in [0.1, 0.15) is 39.3 Å². The largest absolute Gasteiger partial charge is 0.459 e. The molecule has 36 heavy (non-hydrogen) atoms. The monoisotopic (exact) mass is 507 g/mol. The number of benzene rings is 1. The minimum absolute atomic E-state index is 0.110. The van der Waals surface area contributed by atoms with Crippen LogP contribution in [0.15, 0.2) is 48.7 Å². The SMILES string of the molecule is CCn1nccc1C(=O)Nc1cccc(NC(=O)c2cc3nc(C)cc(C(F)(F)C(F)(F)F)n3n2)c1. The highest BCUT2D eigenvalue weighted by Crippen LogP contribution is 2.43. The Morgan fingerprint density at radius 1 is 0.972 bits per heavy atom. The highest BCUT2D eigenvalue weighted by atomic mass is 19.4. The summed E-state index contributed by atoms with van der Waals surface area (Å²) in [4.78, 5) is 29.1. The lowest BCUT2D eigenvalue weighted by molar-refractivity contribution is -0.291. The molecular weight excluding hydrogens is 489 g/mol. The Hall–Kier alpha value is -4.36. The molecule has 4 rings (SSSR count). The van der Waals surface area contributed by atoms with Gasteiger partial charge in [-0.25, -0.2) is 9.50 Å². The Balaban J connectivity index is 1.58. The molecule has 3 aromatic heterocycles. The van der Waals surface area contributed by atoms with E-state index in [1.165, 1.54) is 29.9 Å². The Bertz CT molecular complexity index is 1460. The second kappa shape index (κ2) is 9.02. The van der Waals surface area contributed by atoms with Crippen molar-refractivity contribution in [3.8, 4) is 0 Å². The van der Waals surface area contributed by atoms with Gasteiger partial charge in [0.1, 0.15) is 11.4 Å². The van der Waals surface area contributed by atoms with Gasteiger partial charge in [-0.15, -0.1) is 0 Å². The Labute approximate surface area is 199 Å². The number of nitrogens with one attached hydrogen (secondary N) is 2. The lowest BCUT2D eigenvalue weighted by atomic mass is 10.2. The predicted molar refractivity (Wildman–Crippen MR) is 118 cm³/mol. The molecule has 14 heteroatoms. The van der Waals surface area contributed by atoms with Crippen molar-refractivity contribution in [1.29, 1.82) is 0 Å². The quantitative estimate of drug-likeness (QED) is 0.376. The van der Waals surface area contributed by atoms with Gasteiger partial charge < -0.3 is 10.6 Å². The molecule has 0 aliphatic rings. The van der Waals surface area contributed by atoms with Gasteiger partial charge in [0.05, 0.1) is 0 Å². The number of carbonyl (C=O) groups is 2. The summed E-state index contributed by atoms with van der Waals surface area (Å²) in [5, 5.41) is 12.8. The molecule has 0 saturated carbocycles. The summed E-state index contributed by atoms with van der Waals surface area (Å²) in [5.74, 6) is -6.54. The van der Waals surface area contributed by atoms with E-state index in [9.17, 15) is 31.5 Å². The van der Waals surface area contributed by atoms with Crippen LogP contribution in [-0.4, -0.2) is 42.4 Å². The number of fused-ring (bicyclic) bond motifs is 1. The molecule has 0 radical (unpaired) electrons. The van der Waals surface area contributed by atoms with Crippen LogP contribution in [0, 0.1) is 6.92 Å². The van der Waals surface area contributed by atoms with Crippen LogP contribution in [0.3, 0.4) is 0 Å². The number of rotatable bonds is 6. The molecule has 1 aromatic carbocycles. The molecule has 0 unspecified atom stereocenters. The number of carbonyl (C=O) groups excluding carboxylic acids is 2. The van der Waals surface area contributed by atoms with Gasteiger partial charge in [-0.05, 0) is 44.2 Å². The van der Waals surface area contributed by atoms with E-state index >= 15 is 0 Å². The molecule has 188 valence electrons. The van der Waals surface area contributed by atoms with E-state index in [1.807, 2.05) is 6.92 Å². The van der Waals surface area contributed by atoms with Gasteiger partial charge in [0.25, 0.3) is 11.8 Å². The molecule has 0 saturated heterocycles. The first kappa shape index (κ1) is 24.8. The zero-order chi connectivity index (χ0) is 26.3. The summed E-state index contributed by atoms with van der Waals surface area (Å²) < 4.78 is 68.8. The molecule has 0 atom stereocenters. The third-order valence-electron chi connectivity index (χ3n) is 5.09. The average molecular weight is 507 g/mol. The maximum Gasteiger partial charge on any atom is 0.459 e. The van der Waals surface area contributed by atoms with E-state index in [1.54, 1.807) is 18.2 Å². The smallest absolute Gasteiger partial charge is 0.321 e. The molecule has 0 aliphatic carbocycles. The first-order valence-corrected chi connectivity index (χ1v) is 10.5. The third kappa shape index (κ3) is 4.61. The summed E-state index contributed by atoms with van der Waals surface area (Å²) in [5.41, 5.74) is -1.49. The van der Waals surface area contributed by atoms with Crippen molar-refractivity contribution in [3.05, 3.63) is 71.4 Å². The van der Waals surface area contributed by atoms with Crippen LogP contribution in [0.4, 0.5) is 33.3 Å². The molecule has 0 bridgehead atoms. The zero-order valence-electron chi connectivity index (χ0n) is 18.8. The van der Waals surface area contributed by atoms with Crippen molar-refractivity contribution in [3.63, 3.8) is 0 Å². The van der Waals surface area contributed by atoms with Gasteiger partial charge in [0.2, 0.25) is 0 Å². The van der Waals surface area contributed by atoms with Crippen molar-refractivity contribution in [2.75, 3.05) is 10.6 Å². The molecule has 0 fully saturated rings. The summed E-state index contributed by atoms with van der Waals surface area (Å²) in [7, 11) is 0. The van der Waals surface area contributed by atoms with Crippen molar-refractivity contribution in [1.82, 2.24) is 24.4 Å². The van der Waals surface area contributed by atoms with E-state index in [-0.39, 0.29) is 17.0 Å². The van der Waals surface area contributed by atoms with E-state index in [4.69, 9.17) is 0 Å². The van der Waals surface area contributed by atoms with Crippen LogP contribution in [0.5, 0.6) is 0 Å². The average Bonchev–Trinajstić information content (AvgIpc) is 3.45. The number of hydrogen-bond donors (Lipinski definition) is 2. The van der Waals surface area contributed by atoms with E-state index < -0.39 is 35.3 Å². The maximum absolute atomic E-state index is 14.1. The molecule has 2 amide bonds. The highest BCUT2D eigenvalue weighted by Gasteiger charge is 2.60. The standard InChI is InChI=1S/C22H18F5N7O2/c1-3-33-16(7-8-28-33)20(36)31-14-6-4-5-13(10-14)30-19(35)15-11-18-29-12(2)9-17(34(18)32-15)21(23,24)22(25,26)27/h4-11H,3H2,1-2H3,(H,30,35)(H,31,36). The molecule has 0 aliphatic heterocycles. The topological polar surface area (TPSA) is 106 Å². The third-order valence-corrected chi connectivity index (χ3v) is 5.09. The van der Waals surface area contributed by atoms with Gasteiger partial charge in [-0.1, -0.05) is 6.07 Å². The summed E-state index contributed by atoms with van der Waals surface area (Å²) in [6.45, 7) is 3.55. The predicted octanol–water partition coefficient (Wildman–Crippen LogP) is 4.41. The first-order valence-electron chi connectivity index (χ1n) is 10.5. The molecule has 3 heterocycles. The fourth-order valence-corrected chi connectivity index (χ4v) is 3.42. The van der Waals surface area contributed by atoms with Gasteiger partial charge in [-0.2, -0.15) is 32.1 Å². The van der Waals surface area contributed by atoms with Crippen molar-refractivity contribution >= 4 is 28.8 Å². The second-order valence-corrected chi connectivity index (χ2v) is 7.68. The van der Waals surface area contributed by atoms with Crippen molar-refractivity contribution in [2.24, 2.45) is 0 Å². The number of amides is 2. The maximum atomic E-state index is 14.1. The number of alkyl halides is 5. The molecule has 4 aromatic rings.